The van der Waals surface area contributed by atoms with Crippen LogP contribution in [0.2, 0.25) is 0 Å². The first-order valence-electron chi connectivity index (χ1n) is 5.84. The molecule has 0 saturated heterocycles. The van der Waals surface area contributed by atoms with E-state index in [1.165, 1.54) is 0 Å². The SMILES string of the molecule is Cc1nnc(NCCc2ccc(Br)o2)c(C#N)c1C. The molecule has 2 aromatic heterocycles. The zero-order chi connectivity index (χ0) is 13.8. The largest absolute Gasteiger partial charge is 0.454 e. The molecule has 0 fully saturated rings. The maximum Gasteiger partial charge on any atom is 0.169 e. The molecule has 0 unspecified atom stereocenters. The Balaban J connectivity index is 2.04. The molecule has 0 aliphatic carbocycles. The average Bonchev–Trinajstić information content (AvgIpc) is 2.80. The van der Waals surface area contributed by atoms with Gasteiger partial charge in [0.15, 0.2) is 10.5 Å². The third-order valence-corrected chi connectivity index (χ3v) is 3.29. The lowest BCUT2D eigenvalue weighted by Gasteiger charge is -2.08. The van der Waals surface area contributed by atoms with E-state index in [2.05, 4.69) is 37.5 Å². The standard InChI is InChI=1S/C13H13BrN4O/c1-8-9(2)17-18-13(11(8)7-15)16-6-5-10-3-4-12(14)19-10/h3-4H,5-6H2,1-2H3,(H,16,18). The molecule has 6 heteroatoms. The number of nitriles is 1. The van der Waals surface area contributed by atoms with E-state index in [0.717, 1.165) is 17.0 Å². The van der Waals surface area contributed by atoms with Crippen molar-refractivity contribution in [3.63, 3.8) is 0 Å². The number of halogens is 1. The predicted molar refractivity (Wildman–Crippen MR) is 74.8 cm³/mol. The van der Waals surface area contributed by atoms with E-state index in [1.54, 1.807) is 0 Å². The molecule has 0 aliphatic heterocycles. The Labute approximate surface area is 119 Å². The van der Waals surface area contributed by atoms with Crippen molar-refractivity contribution in [1.29, 1.82) is 5.26 Å². The van der Waals surface area contributed by atoms with Gasteiger partial charge in [0.05, 0.1) is 5.69 Å². The maximum absolute atomic E-state index is 9.16. The number of aryl methyl sites for hydroxylation is 1. The van der Waals surface area contributed by atoms with E-state index in [1.807, 2.05) is 26.0 Å². The summed E-state index contributed by atoms with van der Waals surface area (Å²) in [5.74, 6) is 1.39. The first-order valence-corrected chi connectivity index (χ1v) is 6.63. The second kappa shape index (κ2) is 5.85. The van der Waals surface area contributed by atoms with Gasteiger partial charge in [-0.2, -0.15) is 10.4 Å². The molecule has 2 rings (SSSR count). The smallest absolute Gasteiger partial charge is 0.169 e. The Morgan fingerprint density at radius 1 is 1.37 bits per heavy atom. The molecule has 0 spiro atoms. The number of hydrogen-bond donors (Lipinski definition) is 1. The first kappa shape index (κ1) is 13.6. The Hall–Kier alpha value is -1.87. The van der Waals surface area contributed by atoms with Crippen LogP contribution < -0.4 is 5.32 Å². The van der Waals surface area contributed by atoms with Crippen molar-refractivity contribution in [3.05, 3.63) is 39.4 Å². The normalized spacial score (nSPS) is 10.2. The third-order valence-electron chi connectivity index (χ3n) is 2.86. The van der Waals surface area contributed by atoms with E-state index in [0.29, 0.717) is 29.0 Å². The summed E-state index contributed by atoms with van der Waals surface area (Å²) in [5.41, 5.74) is 2.19. The molecule has 0 atom stereocenters. The molecule has 0 radical (unpaired) electrons. The number of nitrogens with one attached hydrogen (secondary N) is 1. The minimum Gasteiger partial charge on any atom is -0.454 e. The van der Waals surface area contributed by atoms with Gasteiger partial charge in [-0.05, 0) is 47.5 Å². The van der Waals surface area contributed by atoms with Crippen molar-refractivity contribution in [2.45, 2.75) is 20.3 Å². The fourth-order valence-corrected chi connectivity index (χ4v) is 2.00. The van der Waals surface area contributed by atoms with E-state index < -0.39 is 0 Å². The number of anilines is 1. The van der Waals surface area contributed by atoms with Crippen LogP contribution in [0.25, 0.3) is 0 Å². The summed E-state index contributed by atoms with van der Waals surface area (Å²) in [7, 11) is 0. The summed E-state index contributed by atoms with van der Waals surface area (Å²) in [6, 6.07) is 5.92. The monoisotopic (exact) mass is 320 g/mol. The van der Waals surface area contributed by atoms with Gasteiger partial charge in [-0.25, -0.2) is 0 Å². The summed E-state index contributed by atoms with van der Waals surface area (Å²) in [4.78, 5) is 0. The molecule has 2 aromatic rings. The molecule has 2 heterocycles. The Morgan fingerprint density at radius 3 is 2.79 bits per heavy atom. The minimum atomic E-state index is 0.524. The minimum absolute atomic E-state index is 0.524. The summed E-state index contributed by atoms with van der Waals surface area (Å²) in [6.07, 6.45) is 0.713. The number of nitrogens with zero attached hydrogens (tertiary/aromatic N) is 3. The molecule has 0 amide bonds. The van der Waals surface area contributed by atoms with Crippen molar-refractivity contribution in [1.82, 2.24) is 10.2 Å². The van der Waals surface area contributed by atoms with E-state index in [4.69, 9.17) is 9.68 Å². The molecule has 19 heavy (non-hydrogen) atoms. The van der Waals surface area contributed by atoms with Gasteiger partial charge in [0.2, 0.25) is 0 Å². The van der Waals surface area contributed by atoms with Crippen molar-refractivity contribution in [2.75, 3.05) is 11.9 Å². The fourth-order valence-electron chi connectivity index (χ4n) is 1.66. The van der Waals surface area contributed by atoms with Crippen LogP contribution in [-0.4, -0.2) is 16.7 Å². The molecule has 0 aliphatic rings. The van der Waals surface area contributed by atoms with E-state index in [-0.39, 0.29) is 0 Å². The van der Waals surface area contributed by atoms with Gasteiger partial charge >= 0.3 is 0 Å². The number of rotatable bonds is 4. The van der Waals surface area contributed by atoms with Crippen LogP contribution in [0.15, 0.2) is 21.2 Å². The van der Waals surface area contributed by atoms with Gasteiger partial charge in [0.25, 0.3) is 0 Å². The van der Waals surface area contributed by atoms with Crippen molar-refractivity contribution >= 4 is 21.7 Å². The predicted octanol–water partition coefficient (Wildman–Crippen LogP) is 2.98. The quantitative estimate of drug-likeness (QED) is 0.937. The Bertz CT molecular complexity index is 630. The zero-order valence-corrected chi connectivity index (χ0v) is 12.3. The molecule has 98 valence electrons. The highest BCUT2D eigenvalue weighted by molar-refractivity contribution is 9.10. The van der Waals surface area contributed by atoms with Crippen LogP contribution in [-0.2, 0) is 6.42 Å². The van der Waals surface area contributed by atoms with Crippen LogP contribution in [0.5, 0.6) is 0 Å². The third kappa shape index (κ3) is 3.12. The highest BCUT2D eigenvalue weighted by Gasteiger charge is 2.10. The number of furan rings is 1. The maximum atomic E-state index is 9.16. The fraction of sp³-hybridized carbons (Fsp3) is 0.308. The number of aromatic nitrogens is 2. The zero-order valence-electron chi connectivity index (χ0n) is 10.7. The summed E-state index contributed by atoms with van der Waals surface area (Å²) in [6.45, 7) is 4.34. The topological polar surface area (TPSA) is 74.7 Å². The summed E-state index contributed by atoms with van der Waals surface area (Å²) >= 11 is 3.26. The van der Waals surface area contributed by atoms with Crippen LogP contribution in [0.3, 0.4) is 0 Å². The number of hydrogen-bond acceptors (Lipinski definition) is 5. The van der Waals surface area contributed by atoms with Crippen molar-refractivity contribution in [3.8, 4) is 6.07 Å². The molecule has 0 aromatic carbocycles. The van der Waals surface area contributed by atoms with Crippen LogP contribution >= 0.6 is 15.9 Å². The van der Waals surface area contributed by atoms with Gasteiger partial charge < -0.3 is 9.73 Å². The molecule has 5 nitrogen and oxygen atoms in total. The van der Waals surface area contributed by atoms with E-state index >= 15 is 0 Å². The molecular weight excluding hydrogens is 308 g/mol. The molecule has 0 saturated carbocycles. The van der Waals surface area contributed by atoms with Gasteiger partial charge in [0, 0.05) is 13.0 Å². The summed E-state index contributed by atoms with van der Waals surface area (Å²) in [5, 5.41) is 20.3. The van der Waals surface area contributed by atoms with Crippen molar-refractivity contribution < 1.29 is 4.42 Å². The molecule has 0 bridgehead atoms. The molecule has 1 N–H and O–H groups in total. The highest BCUT2D eigenvalue weighted by atomic mass is 79.9. The van der Waals surface area contributed by atoms with Gasteiger partial charge in [-0.15, -0.1) is 5.10 Å². The highest BCUT2D eigenvalue weighted by Crippen LogP contribution is 2.18. The van der Waals surface area contributed by atoms with Crippen LogP contribution in [0, 0.1) is 25.2 Å². The summed E-state index contributed by atoms with van der Waals surface area (Å²) < 4.78 is 6.11. The van der Waals surface area contributed by atoms with Crippen molar-refractivity contribution in [2.24, 2.45) is 0 Å². The average molecular weight is 321 g/mol. The second-order valence-electron chi connectivity index (χ2n) is 4.13. The Morgan fingerprint density at radius 2 is 2.16 bits per heavy atom. The van der Waals surface area contributed by atoms with Gasteiger partial charge in [0.1, 0.15) is 17.4 Å². The van der Waals surface area contributed by atoms with Crippen LogP contribution in [0.4, 0.5) is 5.82 Å². The molecular formula is C13H13BrN4O. The van der Waals surface area contributed by atoms with Gasteiger partial charge in [-0.3, -0.25) is 0 Å². The van der Waals surface area contributed by atoms with Gasteiger partial charge in [-0.1, -0.05) is 0 Å². The lowest BCUT2D eigenvalue weighted by molar-refractivity contribution is 0.491. The lowest BCUT2D eigenvalue weighted by Crippen LogP contribution is -2.10. The van der Waals surface area contributed by atoms with Crippen LogP contribution in [0.1, 0.15) is 22.6 Å². The van der Waals surface area contributed by atoms with E-state index in [9.17, 15) is 0 Å². The first-order chi connectivity index (χ1) is 9.11. The lowest BCUT2D eigenvalue weighted by atomic mass is 10.1. The second-order valence-corrected chi connectivity index (χ2v) is 4.91. The Kier molecular flexibility index (Phi) is 4.17.